The molecule has 1 N–H and O–H groups in total. The average molecular weight is 419 g/mol. The number of nitro benzene ring substituents is 1. The number of morpholine rings is 1. The van der Waals surface area contributed by atoms with Crippen LogP contribution in [0.25, 0.3) is 0 Å². The van der Waals surface area contributed by atoms with Crippen LogP contribution < -0.4 is 10.2 Å². The molecule has 0 aromatic heterocycles. The Kier molecular flexibility index (Phi) is 7.42. The number of nitrogens with zero attached hydrogens (tertiary/aromatic N) is 2. The summed E-state index contributed by atoms with van der Waals surface area (Å²) in [4.78, 5) is 25.3. The number of rotatable bonds is 8. The Morgan fingerprint density at radius 2 is 2.00 bits per heavy atom. The highest BCUT2D eigenvalue weighted by Crippen LogP contribution is 2.30. The second kappa shape index (κ2) is 10.2. The molecule has 0 bridgehead atoms. The molecule has 0 unspecified atom stereocenters. The lowest BCUT2D eigenvalue weighted by atomic mass is 10.1. The van der Waals surface area contributed by atoms with Crippen LogP contribution in [0.4, 0.5) is 15.8 Å². The molecule has 1 heterocycles. The summed E-state index contributed by atoms with van der Waals surface area (Å²) in [5.41, 5.74) is 1.27. The fourth-order valence-corrected chi connectivity index (χ4v) is 3.86. The lowest BCUT2D eigenvalue weighted by Crippen LogP contribution is -2.36. The van der Waals surface area contributed by atoms with Crippen molar-refractivity contribution in [3.8, 4) is 0 Å². The standard InChI is InChI=1S/C20H22FN3O4S/c21-17-4-2-1-3-16(17)14-29-12-7-22-20(25)15-5-6-18(19(13-15)24(26)27)23-8-10-28-11-9-23/h1-6,13H,7-12,14H2,(H,22,25). The van der Waals surface area contributed by atoms with E-state index in [1.807, 2.05) is 4.90 Å². The van der Waals surface area contributed by atoms with Gasteiger partial charge in [0.1, 0.15) is 11.5 Å². The third-order valence-corrected chi connectivity index (χ3v) is 5.54. The molecule has 0 atom stereocenters. The Bertz CT molecular complexity index is 875. The highest BCUT2D eigenvalue weighted by Gasteiger charge is 2.23. The lowest BCUT2D eigenvalue weighted by Gasteiger charge is -2.28. The molecular weight excluding hydrogens is 397 g/mol. The van der Waals surface area contributed by atoms with E-state index in [2.05, 4.69) is 5.32 Å². The maximum Gasteiger partial charge on any atom is 0.293 e. The van der Waals surface area contributed by atoms with Crippen molar-refractivity contribution in [2.45, 2.75) is 5.75 Å². The number of hydrogen-bond acceptors (Lipinski definition) is 6. The molecular formula is C20H22FN3O4S. The summed E-state index contributed by atoms with van der Waals surface area (Å²) in [7, 11) is 0. The van der Waals surface area contributed by atoms with E-state index in [1.54, 1.807) is 30.3 Å². The van der Waals surface area contributed by atoms with Crippen LogP contribution >= 0.6 is 11.8 Å². The number of carbonyl (C=O) groups is 1. The van der Waals surface area contributed by atoms with Crippen LogP contribution in [0.5, 0.6) is 0 Å². The molecule has 29 heavy (non-hydrogen) atoms. The van der Waals surface area contributed by atoms with E-state index in [1.165, 1.54) is 23.9 Å². The first-order chi connectivity index (χ1) is 14.1. The van der Waals surface area contributed by atoms with Gasteiger partial charge in [0.15, 0.2) is 0 Å². The van der Waals surface area contributed by atoms with Gasteiger partial charge in [-0.1, -0.05) is 18.2 Å². The predicted octanol–water partition coefficient (Wildman–Crippen LogP) is 3.23. The number of amides is 1. The first-order valence-electron chi connectivity index (χ1n) is 9.27. The fourth-order valence-electron chi connectivity index (χ4n) is 3.02. The van der Waals surface area contributed by atoms with Crippen LogP contribution in [0.15, 0.2) is 42.5 Å². The van der Waals surface area contributed by atoms with Gasteiger partial charge in [0.2, 0.25) is 0 Å². The van der Waals surface area contributed by atoms with Crippen LogP contribution in [-0.4, -0.2) is 49.4 Å². The zero-order valence-electron chi connectivity index (χ0n) is 15.8. The van der Waals surface area contributed by atoms with Crippen molar-refractivity contribution in [2.75, 3.05) is 43.5 Å². The minimum Gasteiger partial charge on any atom is -0.378 e. The van der Waals surface area contributed by atoms with Gasteiger partial charge in [-0.3, -0.25) is 14.9 Å². The molecule has 1 amide bonds. The van der Waals surface area contributed by atoms with Gasteiger partial charge in [0.25, 0.3) is 11.6 Å². The van der Waals surface area contributed by atoms with Crippen LogP contribution in [0.3, 0.4) is 0 Å². The summed E-state index contributed by atoms with van der Waals surface area (Å²) in [6.45, 7) is 2.57. The van der Waals surface area contributed by atoms with E-state index in [0.717, 1.165) is 0 Å². The number of nitrogens with one attached hydrogen (secondary N) is 1. The number of hydrogen-bond donors (Lipinski definition) is 1. The summed E-state index contributed by atoms with van der Waals surface area (Å²) in [5, 5.41) is 14.2. The van der Waals surface area contributed by atoms with Gasteiger partial charge in [0.05, 0.1) is 18.1 Å². The fraction of sp³-hybridized carbons (Fsp3) is 0.350. The molecule has 1 aliphatic rings. The number of thioether (sulfide) groups is 1. The van der Waals surface area contributed by atoms with Crippen molar-refractivity contribution in [2.24, 2.45) is 0 Å². The molecule has 7 nitrogen and oxygen atoms in total. The number of ether oxygens (including phenoxy) is 1. The summed E-state index contributed by atoms with van der Waals surface area (Å²) in [5.74, 6) is 0.515. The minimum atomic E-state index is -0.466. The van der Waals surface area contributed by atoms with Crippen molar-refractivity contribution in [1.29, 1.82) is 0 Å². The molecule has 2 aromatic rings. The van der Waals surface area contributed by atoms with Crippen LogP contribution in [-0.2, 0) is 10.5 Å². The van der Waals surface area contributed by atoms with Crippen LogP contribution in [0, 0.1) is 15.9 Å². The Morgan fingerprint density at radius 1 is 1.24 bits per heavy atom. The van der Waals surface area contributed by atoms with E-state index in [9.17, 15) is 19.3 Å². The van der Waals surface area contributed by atoms with E-state index in [0.29, 0.717) is 55.6 Å². The quantitative estimate of drug-likeness (QED) is 0.402. The lowest BCUT2D eigenvalue weighted by molar-refractivity contribution is -0.384. The number of benzene rings is 2. The van der Waals surface area contributed by atoms with Crippen molar-refractivity contribution in [3.05, 3.63) is 69.5 Å². The molecule has 0 radical (unpaired) electrons. The second-order valence-electron chi connectivity index (χ2n) is 6.46. The van der Waals surface area contributed by atoms with Gasteiger partial charge < -0.3 is 15.0 Å². The van der Waals surface area contributed by atoms with Gasteiger partial charge >= 0.3 is 0 Å². The first kappa shape index (κ1) is 21.1. The normalized spacial score (nSPS) is 13.9. The van der Waals surface area contributed by atoms with Gasteiger partial charge in [-0.15, -0.1) is 0 Å². The molecule has 2 aromatic carbocycles. The number of anilines is 1. The van der Waals surface area contributed by atoms with Gasteiger partial charge in [-0.2, -0.15) is 11.8 Å². The molecule has 1 aliphatic heterocycles. The summed E-state index contributed by atoms with van der Waals surface area (Å²) in [6.07, 6.45) is 0. The van der Waals surface area contributed by atoms with E-state index >= 15 is 0 Å². The third kappa shape index (κ3) is 5.68. The molecule has 3 rings (SSSR count). The Hall–Kier alpha value is -2.65. The highest BCUT2D eigenvalue weighted by molar-refractivity contribution is 7.98. The summed E-state index contributed by atoms with van der Waals surface area (Å²) < 4.78 is 18.9. The van der Waals surface area contributed by atoms with E-state index in [-0.39, 0.29) is 23.0 Å². The number of carbonyl (C=O) groups excluding carboxylic acids is 1. The van der Waals surface area contributed by atoms with Crippen molar-refractivity contribution < 1.29 is 18.8 Å². The zero-order chi connectivity index (χ0) is 20.6. The second-order valence-corrected chi connectivity index (χ2v) is 7.57. The van der Waals surface area contributed by atoms with Gasteiger partial charge in [-0.05, 0) is 23.8 Å². The zero-order valence-corrected chi connectivity index (χ0v) is 16.6. The molecule has 0 aliphatic carbocycles. The summed E-state index contributed by atoms with van der Waals surface area (Å²) >= 11 is 1.51. The van der Waals surface area contributed by atoms with Crippen LogP contribution in [0.1, 0.15) is 15.9 Å². The van der Waals surface area contributed by atoms with E-state index < -0.39 is 4.92 Å². The largest absolute Gasteiger partial charge is 0.378 e. The maximum absolute atomic E-state index is 13.6. The average Bonchev–Trinajstić information content (AvgIpc) is 2.74. The minimum absolute atomic E-state index is 0.0894. The molecule has 9 heteroatoms. The monoisotopic (exact) mass is 419 g/mol. The Morgan fingerprint density at radius 3 is 2.72 bits per heavy atom. The maximum atomic E-state index is 13.6. The summed E-state index contributed by atoms with van der Waals surface area (Å²) in [6, 6.07) is 11.1. The molecule has 1 saturated heterocycles. The van der Waals surface area contributed by atoms with Crippen molar-refractivity contribution in [3.63, 3.8) is 0 Å². The molecule has 0 saturated carbocycles. The SMILES string of the molecule is O=C(NCCSCc1ccccc1F)c1ccc(N2CCOCC2)c([N+](=O)[O-])c1. The van der Waals surface area contributed by atoms with Gasteiger partial charge in [-0.25, -0.2) is 4.39 Å². The Balaban J connectivity index is 1.54. The topological polar surface area (TPSA) is 84.7 Å². The number of halogens is 1. The van der Waals surface area contributed by atoms with Gasteiger partial charge in [0, 0.05) is 42.8 Å². The number of nitro groups is 1. The Labute approximate surface area is 172 Å². The third-order valence-electron chi connectivity index (χ3n) is 4.53. The molecule has 1 fully saturated rings. The first-order valence-corrected chi connectivity index (χ1v) is 10.4. The molecule has 154 valence electrons. The highest BCUT2D eigenvalue weighted by atomic mass is 32.2. The molecule has 0 spiro atoms. The van der Waals surface area contributed by atoms with Crippen molar-refractivity contribution in [1.82, 2.24) is 5.32 Å². The van der Waals surface area contributed by atoms with Crippen molar-refractivity contribution >= 4 is 29.0 Å². The predicted molar refractivity (Wildman–Crippen MR) is 111 cm³/mol. The smallest absolute Gasteiger partial charge is 0.293 e. The van der Waals surface area contributed by atoms with E-state index in [4.69, 9.17) is 4.74 Å². The van der Waals surface area contributed by atoms with Crippen LogP contribution in [0.2, 0.25) is 0 Å².